The van der Waals surface area contributed by atoms with Crippen molar-refractivity contribution in [2.45, 2.75) is 106 Å². The lowest BCUT2D eigenvalue weighted by Gasteiger charge is -2.45. The Morgan fingerprint density at radius 1 is 0.919 bits per heavy atom. The number of ether oxygens (including phenoxy) is 4. The summed E-state index contributed by atoms with van der Waals surface area (Å²) < 4.78 is 29.4. The fraction of sp³-hybridized carbons (Fsp3) is 0.929. The van der Waals surface area contributed by atoms with Gasteiger partial charge in [0.2, 0.25) is 0 Å². The Morgan fingerprint density at radius 3 is 1.92 bits per heavy atom. The number of carboxylic acid groups (broad SMARTS) is 1. The molecule has 0 radical (unpaired) electrons. The van der Waals surface area contributed by atoms with Gasteiger partial charge in [0.25, 0.3) is 0 Å². The molecular weight excluding hydrogens is 492 g/mol. The van der Waals surface area contributed by atoms with Gasteiger partial charge in [-0.05, 0) is 64.1 Å². The van der Waals surface area contributed by atoms with E-state index in [0.717, 1.165) is 6.42 Å². The number of esters is 1. The van der Waals surface area contributed by atoms with Gasteiger partial charge in [-0.2, -0.15) is 0 Å². The molecule has 0 fully saturated rings. The average Bonchev–Trinajstić information content (AvgIpc) is 2.77. The van der Waals surface area contributed by atoms with E-state index in [1.807, 2.05) is 27.7 Å². The lowest BCUT2D eigenvalue weighted by Crippen LogP contribution is -2.52. The molecule has 0 bridgehead atoms. The minimum Gasteiger partial charge on any atom is -0.481 e. The van der Waals surface area contributed by atoms with E-state index < -0.39 is 31.7 Å². The minimum absolute atomic E-state index is 0.0198. The molecule has 0 saturated heterocycles. The van der Waals surface area contributed by atoms with Crippen molar-refractivity contribution < 1.29 is 38.1 Å². The molecule has 1 N–H and O–H groups in total. The Balaban J connectivity index is 6.10. The van der Waals surface area contributed by atoms with Gasteiger partial charge in [-0.3, -0.25) is 9.59 Å². The highest BCUT2D eigenvalue weighted by atomic mass is 28.4. The van der Waals surface area contributed by atoms with E-state index in [0.29, 0.717) is 13.2 Å². The molecule has 9 heteroatoms. The summed E-state index contributed by atoms with van der Waals surface area (Å²) in [7, 11) is -0.682. The second-order valence-corrected chi connectivity index (χ2v) is 17.6. The maximum Gasteiger partial charge on any atom is 0.311 e. The average molecular weight is 549 g/mol. The van der Waals surface area contributed by atoms with Crippen molar-refractivity contribution in [3.05, 3.63) is 0 Å². The van der Waals surface area contributed by atoms with Crippen LogP contribution in [-0.2, 0) is 33.0 Å². The van der Waals surface area contributed by atoms with Gasteiger partial charge in [0, 0.05) is 13.0 Å². The second-order valence-electron chi connectivity index (χ2n) is 12.9. The zero-order chi connectivity index (χ0) is 29.2. The first-order valence-electron chi connectivity index (χ1n) is 13.6. The summed E-state index contributed by atoms with van der Waals surface area (Å²) in [5.74, 6) is -2.16. The van der Waals surface area contributed by atoms with Crippen LogP contribution in [0, 0.1) is 29.1 Å². The van der Waals surface area contributed by atoms with Crippen molar-refractivity contribution in [1.82, 2.24) is 0 Å². The third kappa shape index (κ3) is 11.7. The highest BCUT2D eigenvalue weighted by Gasteiger charge is 2.45. The van der Waals surface area contributed by atoms with Crippen molar-refractivity contribution in [1.29, 1.82) is 0 Å². The van der Waals surface area contributed by atoms with Gasteiger partial charge in [0.15, 0.2) is 8.32 Å². The van der Waals surface area contributed by atoms with Gasteiger partial charge in [0.05, 0.1) is 43.4 Å². The lowest BCUT2D eigenvalue weighted by molar-refractivity contribution is -0.166. The Kier molecular flexibility index (Phi) is 15.1. The van der Waals surface area contributed by atoms with Crippen molar-refractivity contribution >= 4 is 20.3 Å². The monoisotopic (exact) mass is 548 g/mol. The number of methoxy groups -OCH3 is 1. The molecule has 0 aromatic rings. The van der Waals surface area contributed by atoms with Gasteiger partial charge in [-0.15, -0.1) is 0 Å². The fourth-order valence-electron chi connectivity index (χ4n) is 3.93. The van der Waals surface area contributed by atoms with Crippen molar-refractivity contribution in [3.63, 3.8) is 0 Å². The Morgan fingerprint density at radius 2 is 1.49 bits per heavy atom. The maximum atomic E-state index is 12.4. The fourth-order valence-corrected chi connectivity index (χ4v) is 5.38. The molecule has 220 valence electrons. The first-order valence-corrected chi connectivity index (χ1v) is 16.5. The predicted molar refractivity (Wildman–Crippen MR) is 149 cm³/mol. The molecule has 0 spiro atoms. The molecule has 0 heterocycles. The van der Waals surface area contributed by atoms with Crippen LogP contribution in [0.1, 0.15) is 75.7 Å². The van der Waals surface area contributed by atoms with E-state index >= 15 is 0 Å². The van der Waals surface area contributed by atoms with Crippen LogP contribution in [0.3, 0.4) is 0 Å². The SMILES string of the molecule is CC[C@H](COC(=O)C(C)(C)C)[C@H](C)[C@@H](OCOCCOC)[C@H](C)[C@@H](O[Si](C)(C)C(C)(C)C)[C@H](C)C(=O)O. The molecule has 0 rings (SSSR count). The summed E-state index contributed by atoms with van der Waals surface area (Å²) in [5, 5.41) is 9.89. The quantitative estimate of drug-likeness (QED) is 0.102. The molecule has 0 amide bonds. The number of carbonyl (C=O) groups is 2. The zero-order valence-corrected chi connectivity index (χ0v) is 26.8. The van der Waals surface area contributed by atoms with Crippen LogP contribution in [-0.4, -0.2) is 71.3 Å². The highest BCUT2D eigenvalue weighted by molar-refractivity contribution is 6.74. The largest absolute Gasteiger partial charge is 0.481 e. The number of carbonyl (C=O) groups excluding carboxylic acids is 1. The Hall–Kier alpha value is -1.00. The van der Waals surface area contributed by atoms with Crippen LogP contribution in [0.2, 0.25) is 18.1 Å². The Bertz CT molecular complexity index is 683. The molecule has 0 aliphatic carbocycles. The maximum absolute atomic E-state index is 12.4. The van der Waals surface area contributed by atoms with Gasteiger partial charge < -0.3 is 28.5 Å². The molecule has 0 aliphatic heterocycles. The van der Waals surface area contributed by atoms with E-state index in [1.54, 1.807) is 14.0 Å². The van der Waals surface area contributed by atoms with Crippen molar-refractivity contribution in [2.75, 3.05) is 33.7 Å². The third-order valence-corrected chi connectivity index (χ3v) is 12.2. The lowest BCUT2D eigenvalue weighted by atomic mass is 9.78. The standard InChI is InChI=1S/C28H56O8Si/c1-14-22(17-34-26(31)27(5,6)7)19(2)23(35-18-33-16-15-32-11)20(3)24(21(4)25(29)30)36-37(12,13)28(8,9)10/h19-24H,14-18H2,1-13H3,(H,29,30)/t19-,20-,21-,22+,23+,24+/m0/s1. The van der Waals surface area contributed by atoms with Crippen LogP contribution in [0.4, 0.5) is 0 Å². The van der Waals surface area contributed by atoms with Gasteiger partial charge in [-0.1, -0.05) is 41.5 Å². The van der Waals surface area contributed by atoms with E-state index in [9.17, 15) is 14.7 Å². The third-order valence-electron chi connectivity index (χ3n) is 7.76. The van der Waals surface area contributed by atoms with Gasteiger partial charge in [-0.25, -0.2) is 0 Å². The predicted octanol–water partition coefficient (Wildman–Crippen LogP) is 5.99. The number of carboxylic acids is 1. The van der Waals surface area contributed by atoms with Crippen LogP contribution >= 0.6 is 0 Å². The summed E-state index contributed by atoms with van der Waals surface area (Å²) in [6.07, 6.45) is -0.158. The number of aliphatic carboxylic acids is 1. The normalized spacial score (nSPS) is 18.0. The van der Waals surface area contributed by atoms with Crippen LogP contribution < -0.4 is 0 Å². The number of hydrogen-bond acceptors (Lipinski definition) is 7. The summed E-state index contributed by atoms with van der Waals surface area (Å²) in [6, 6.07) is 0. The topological polar surface area (TPSA) is 101 Å². The molecule has 0 aromatic carbocycles. The molecule has 8 nitrogen and oxygen atoms in total. The van der Waals surface area contributed by atoms with Crippen LogP contribution in [0.15, 0.2) is 0 Å². The molecule has 0 unspecified atom stereocenters. The number of rotatable bonds is 17. The van der Waals surface area contributed by atoms with E-state index in [2.05, 4.69) is 47.7 Å². The molecule has 37 heavy (non-hydrogen) atoms. The van der Waals surface area contributed by atoms with E-state index in [1.165, 1.54) is 0 Å². The highest BCUT2D eigenvalue weighted by Crippen LogP contribution is 2.41. The molecular formula is C28H56O8Si. The summed E-state index contributed by atoms with van der Waals surface area (Å²) in [6.45, 7) is 25.2. The first kappa shape index (κ1) is 36.0. The first-order chi connectivity index (χ1) is 16.8. The molecule has 0 aliphatic rings. The molecule has 0 saturated carbocycles. The van der Waals surface area contributed by atoms with Crippen molar-refractivity contribution in [2.24, 2.45) is 29.1 Å². The smallest absolute Gasteiger partial charge is 0.311 e. The van der Waals surface area contributed by atoms with Crippen LogP contribution in [0.5, 0.6) is 0 Å². The second kappa shape index (κ2) is 15.6. The van der Waals surface area contributed by atoms with E-state index in [-0.39, 0.29) is 48.3 Å². The summed E-state index contributed by atoms with van der Waals surface area (Å²) >= 11 is 0. The van der Waals surface area contributed by atoms with Crippen LogP contribution in [0.25, 0.3) is 0 Å². The van der Waals surface area contributed by atoms with Gasteiger partial charge >= 0.3 is 11.9 Å². The summed E-state index contributed by atoms with van der Waals surface area (Å²) in [5.41, 5.74) is -0.584. The zero-order valence-electron chi connectivity index (χ0n) is 25.8. The van der Waals surface area contributed by atoms with Gasteiger partial charge in [0.1, 0.15) is 6.79 Å². The summed E-state index contributed by atoms with van der Waals surface area (Å²) in [4.78, 5) is 24.6. The minimum atomic E-state index is -2.29. The Labute approximate surface area is 227 Å². The number of hydrogen-bond donors (Lipinski definition) is 1. The van der Waals surface area contributed by atoms with E-state index in [4.69, 9.17) is 23.4 Å². The molecule has 0 aromatic heterocycles. The molecule has 6 atom stereocenters. The van der Waals surface area contributed by atoms with Crippen molar-refractivity contribution in [3.8, 4) is 0 Å².